The Labute approximate surface area is 158 Å². The number of aryl methyl sites for hydroxylation is 1. The maximum absolute atomic E-state index is 12.3. The van der Waals surface area contributed by atoms with Crippen LogP contribution in [0, 0.1) is 12.8 Å². The molecule has 150 valence electrons. The van der Waals surface area contributed by atoms with E-state index in [1.807, 2.05) is 20.8 Å². The molecule has 1 N–H and O–H groups in total. The van der Waals surface area contributed by atoms with E-state index in [4.69, 9.17) is 14.0 Å². The molecule has 2 heterocycles. The number of rotatable bonds is 4. The predicted octanol–water partition coefficient (Wildman–Crippen LogP) is 2.50. The first-order chi connectivity index (χ1) is 12.5. The van der Waals surface area contributed by atoms with Gasteiger partial charge < -0.3 is 24.2 Å². The number of likely N-dealkylation sites (tertiary alicyclic amines) is 1. The van der Waals surface area contributed by atoms with Crippen LogP contribution in [0.2, 0.25) is 0 Å². The minimum atomic E-state index is -0.960. The summed E-state index contributed by atoms with van der Waals surface area (Å²) < 4.78 is 15.5. The fourth-order valence-electron chi connectivity index (χ4n) is 2.60. The number of carbonyl (C=O) groups is 3. The number of nitrogens with zero attached hydrogens (tertiary/aromatic N) is 2. The Balaban J connectivity index is 1.78. The van der Waals surface area contributed by atoms with Gasteiger partial charge in [-0.3, -0.25) is 9.59 Å². The molecule has 0 saturated carbocycles. The van der Waals surface area contributed by atoms with Crippen molar-refractivity contribution < 1.29 is 28.4 Å². The summed E-state index contributed by atoms with van der Waals surface area (Å²) in [6.07, 6.45) is -0.410. The maximum atomic E-state index is 12.3. The molecule has 0 bridgehead atoms. The van der Waals surface area contributed by atoms with E-state index in [0.29, 0.717) is 31.7 Å². The van der Waals surface area contributed by atoms with E-state index in [0.717, 1.165) is 0 Å². The van der Waals surface area contributed by atoms with E-state index in [1.165, 1.54) is 6.92 Å². The lowest BCUT2D eigenvalue weighted by Crippen LogP contribution is -2.43. The van der Waals surface area contributed by atoms with Gasteiger partial charge >= 0.3 is 12.1 Å². The lowest BCUT2D eigenvalue weighted by atomic mass is 9.97. The van der Waals surface area contributed by atoms with E-state index in [2.05, 4.69) is 10.5 Å². The summed E-state index contributed by atoms with van der Waals surface area (Å²) in [5.41, 5.74) is -0.558. The third-order valence-electron chi connectivity index (χ3n) is 4.02. The molecule has 0 spiro atoms. The Bertz CT molecular complexity index is 686. The van der Waals surface area contributed by atoms with Crippen LogP contribution < -0.4 is 5.32 Å². The Morgan fingerprint density at radius 2 is 1.93 bits per heavy atom. The van der Waals surface area contributed by atoms with Crippen LogP contribution in [0.25, 0.3) is 0 Å². The first-order valence-electron chi connectivity index (χ1n) is 8.98. The Hall–Kier alpha value is -2.58. The summed E-state index contributed by atoms with van der Waals surface area (Å²) in [4.78, 5) is 38.0. The zero-order chi connectivity index (χ0) is 20.2. The highest BCUT2D eigenvalue weighted by Gasteiger charge is 2.32. The number of hydrogen-bond donors (Lipinski definition) is 1. The summed E-state index contributed by atoms with van der Waals surface area (Å²) in [5.74, 6) is -0.452. The fraction of sp³-hybridized carbons (Fsp3) is 0.667. The topological polar surface area (TPSA) is 111 Å². The van der Waals surface area contributed by atoms with Crippen molar-refractivity contribution in [3.63, 3.8) is 0 Å². The standard InChI is InChI=1S/C18H27N3O6/c1-11-10-14(20-27-11)19-15(22)12(2)25-16(23)13-6-8-21(9-7-13)17(24)26-18(3,4)5/h10,12-13H,6-9H2,1-5H3,(H,19,20,22). The molecule has 1 fully saturated rings. The third-order valence-corrected chi connectivity index (χ3v) is 4.02. The van der Waals surface area contributed by atoms with Crippen LogP contribution >= 0.6 is 0 Å². The van der Waals surface area contributed by atoms with Gasteiger partial charge in [0.25, 0.3) is 5.91 Å². The van der Waals surface area contributed by atoms with Gasteiger partial charge in [-0.05, 0) is 47.5 Å². The summed E-state index contributed by atoms with van der Waals surface area (Å²) in [5, 5.41) is 6.18. The predicted molar refractivity (Wildman–Crippen MR) is 96.0 cm³/mol. The van der Waals surface area contributed by atoms with Gasteiger partial charge in [0.05, 0.1) is 5.92 Å². The molecule has 1 atom stereocenters. The molecule has 2 rings (SSSR count). The summed E-state index contributed by atoms with van der Waals surface area (Å²) >= 11 is 0. The van der Waals surface area contributed by atoms with Crippen LogP contribution in [0.3, 0.4) is 0 Å². The Morgan fingerprint density at radius 1 is 1.30 bits per heavy atom. The molecule has 0 radical (unpaired) electrons. The SMILES string of the molecule is Cc1cc(NC(=O)C(C)OC(=O)C2CCN(C(=O)OC(C)(C)C)CC2)no1. The number of nitrogens with one attached hydrogen (secondary N) is 1. The lowest BCUT2D eigenvalue weighted by molar-refractivity contribution is -0.158. The molecule has 1 aliphatic heterocycles. The van der Waals surface area contributed by atoms with E-state index in [-0.39, 0.29) is 17.8 Å². The minimum absolute atomic E-state index is 0.270. The van der Waals surface area contributed by atoms with Crippen molar-refractivity contribution in [3.05, 3.63) is 11.8 Å². The van der Waals surface area contributed by atoms with Gasteiger partial charge in [-0.1, -0.05) is 5.16 Å². The number of ether oxygens (including phenoxy) is 2. The van der Waals surface area contributed by atoms with Crippen LogP contribution in [-0.2, 0) is 19.1 Å². The van der Waals surface area contributed by atoms with Gasteiger partial charge in [0.2, 0.25) is 0 Å². The molecule has 0 aliphatic carbocycles. The molecule has 1 unspecified atom stereocenters. The fourth-order valence-corrected chi connectivity index (χ4v) is 2.60. The normalized spacial score (nSPS) is 16.6. The highest BCUT2D eigenvalue weighted by Crippen LogP contribution is 2.21. The van der Waals surface area contributed by atoms with Gasteiger partial charge in [-0.2, -0.15) is 0 Å². The van der Waals surface area contributed by atoms with Crippen molar-refractivity contribution in [2.45, 2.75) is 59.2 Å². The molecular weight excluding hydrogens is 354 g/mol. The molecule has 27 heavy (non-hydrogen) atoms. The lowest BCUT2D eigenvalue weighted by Gasteiger charge is -2.32. The number of hydrogen-bond acceptors (Lipinski definition) is 7. The molecule has 1 saturated heterocycles. The van der Waals surface area contributed by atoms with Crippen molar-refractivity contribution in [1.82, 2.24) is 10.1 Å². The number of amides is 2. The van der Waals surface area contributed by atoms with Gasteiger partial charge in [-0.25, -0.2) is 4.79 Å². The molecule has 1 aromatic heterocycles. The van der Waals surface area contributed by atoms with E-state index >= 15 is 0 Å². The number of esters is 1. The van der Waals surface area contributed by atoms with Crippen molar-refractivity contribution >= 4 is 23.8 Å². The van der Waals surface area contributed by atoms with Crippen molar-refractivity contribution in [1.29, 1.82) is 0 Å². The van der Waals surface area contributed by atoms with Gasteiger partial charge in [0, 0.05) is 19.2 Å². The second kappa shape index (κ2) is 8.41. The molecule has 9 nitrogen and oxygen atoms in total. The number of piperidine rings is 1. The average molecular weight is 381 g/mol. The summed E-state index contributed by atoms with van der Waals surface area (Å²) in [7, 11) is 0. The van der Waals surface area contributed by atoms with Gasteiger partial charge in [-0.15, -0.1) is 0 Å². The second-order valence-electron chi connectivity index (χ2n) is 7.63. The molecule has 9 heteroatoms. The van der Waals surface area contributed by atoms with Crippen LogP contribution in [0.5, 0.6) is 0 Å². The second-order valence-corrected chi connectivity index (χ2v) is 7.63. The van der Waals surface area contributed by atoms with Crippen LogP contribution in [0.15, 0.2) is 10.6 Å². The Kier molecular flexibility index (Phi) is 6.45. The highest BCUT2D eigenvalue weighted by atomic mass is 16.6. The average Bonchev–Trinajstić information content (AvgIpc) is 2.98. The third kappa shape index (κ3) is 6.26. The van der Waals surface area contributed by atoms with E-state index in [9.17, 15) is 14.4 Å². The minimum Gasteiger partial charge on any atom is -0.452 e. The smallest absolute Gasteiger partial charge is 0.410 e. The molecule has 1 aromatic rings. The maximum Gasteiger partial charge on any atom is 0.410 e. The Morgan fingerprint density at radius 3 is 2.44 bits per heavy atom. The summed E-state index contributed by atoms with van der Waals surface area (Å²) in [6.45, 7) is 9.44. The van der Waals surface area contributed by atoms with Crippen LogP contribution in [0.1, 0.15) is 46.3 Å². The van der Waals surface area contributed by atoms with Crippen molar-refractivity contribution in [2.24, 2.45) is 5.92 Å². The zero-order valence-electron chi connectivity index (χ0n) is 16.4. The van der Waals surface area contributed by atoms with E-state index in [1.54, 1.807) is 17.9 Å². The molecule has 0 aromatic carbocycles. The number of aromatic nitrogens is 1. The van der Waals surface area contributed by atoms with Crippen molar-refractivity contribution in [3.8, 4) is 0 Å². The number of carbonyl (C=O) groups excluding carboxylic acids is 3. The monoisotopic (exact) mass is 381 g/mol. The van der Waals surface area contributed by atoms with Gasteiger partial charge in [0.15, 0.2) is 11.9 Å². The first-order valence-corrected chi connectivity index (χ1v) is 8.98. The number of anilines is 1. The largest absolute Gasteiger partial charge is 0.452 e. The first kappa shape index (κ1) is 20.7. The zero-order valence-corrected chi connectivity index (χ0v) is 16.4. The highest BCUT2D eigenvalue weighted by molar-refractivity contribution is 5.94. The molecular formula is C18H27N3O6. The van der Waals surface area contributed by atoms with E-state index < -0.39 is 23.6 Å². The summed E-state index contributed by atoms with van der Waals surface area (Å²) in [6, 6.07) is 1.57. The van der Waals surface area contributed by atoms with Crippen LogP contribution in [-0.4, -0.2) is 52.8 Å². The quantitative estimate of drug-likeness (QED) is 0.798. The molecule has 1 aliphatic rings. The van der Waals surface area contributed by atoms with Crippen LogP contribution in [0.4, 0.5) is 10.6 Å². The van der Waals surface area contributed by atoms with Gasteiger partial charge in [0.1, 0.15) is 11.4 Å². The molecule has 2 amide bonds. The van der Waals surface area contributed by atoms with Crippen molar-refractivity contribution in [2.75, 3.05) is 18.4 Å².